The first-order chi connectivity index (χ1) is 8.99. The van der Waals surface area contributed by atoms with Crippen molar-refractivity contribution in [3.63, 3.8) is 0 Å². The van der Waals surface area contributed by atoms with Crippen molar-refractivity contribution in [2.45, 2.75) is 19.9 Å². The minimum atomic E-state index is -0.792. The normalized spacial score (nSPS) is 12.1. The fraction of sp³-hybridized carbons (Fsp3) is 0.231. The zero-order valence-electron chi connectivity index (χ0n) is 10.6. The Balaban J connectivity index is 2.32. The Morgan fingerprint density at radius 1 is 1.37 bits per heavy atom. The van der Waals surface area contributed by atoms with E-state index in [9.17, 15) is 9.59 Å². The third kappa shape index (κ3) is 2.85. The number of amides is 2. The molecule has 0 fully saturated rings. The second-order valence-corrected chi connectivity index (χ2v) is 5.22. The van der Waals surface area contributed by atoms with Crippen molar-refractivity contribution in [2.24, 2.45) is 5.73 Å². The summed E-state index contributed by atoms with van der Waals surface area (Å²) in [6.07, 6.45) is 0. The van der Waals surface area contributed by atoms with Crippen LogP contribution in [-0.4, -0.2) is 17.1 Å². The van der Waals surface area contributed by atoms with E-state index >= 15 is 0 Å². The van der Waals surface area contributed by atoms with Gasteiger partial charge in [0, 0.05) is 16.5 Å². The monoisotopic (exact) mass is 278 g/mol. The van der Waals surface area contributed by atoms with Crippen LogP contribution in [0.5, 0.6) is 0 Å². The number of carbonyl (C=O) groups excluding carboxylic acids is 2. The number of hydroxylamine groups is 2. The van der Waals surface area contributed by atoms with Crippen LogP contribution in [0.15, 0.2) is 30.3 Å². The number of hydrogen-bond acceptors (Lipinski definition) is 4. The van der Waals surface area contributed by atoms with Crippen LogP contribution >= 0.6 is 11.3 Å². The highest BCUT2D eigenvalue weighted by Crippen LogP contribution is 2.32. The minimum absolute atomic E-state index is 0.418. The molecule has 0 saturated heterocycles. The Bertz CT molecular complexity index is 590. The van der Waals surface area contributed by atoms with E-state index in [1.165, 1.54) is 18.3 Å². The van der Waals surface area contributed by atoms with Gasteiger partial charge < -0.3 is 10.6 Å². The van der Waals surface area contributed by atoms with Gasteiger partial charge in [0.1, 0.15) is 6.04 Å². The van der Waals surface area contributed by atoms with Crippen LogP contribution in [0, 0.1) is 0 Å². The third-order valence-electron chi connectivity index (χ3n) is 2.65. The quantitative estimate of drug-likeness (QED) is 0.858. The summed E-state index contributed by atoms with van der Waals surface area (Å²) >= 11 is 1.54. The van der Waals surface area contributed by atoms with Gasteiger partial charge in [0.2, 0.25) is 0 Å². The van der Waals surface area contributed by atoms with Gasteiger partial charge in [-0.05, 0) is 24.4 Å². The van der Waals surface area contributed by atoms with Crippen LogP contribution in [0.25, 0.3) is 10.1 Å². The molecule has 1 aromatic heterocycles. The maximum atomic E-state index is 11.3. The van der Waals surface area contributed by atoms with Crippen molar-refractivity contribution in [3.05, 3.63) is 35.2 Å². The number of benzene rings is 1. The summed E-state index contributed by atoms with van der Waals surface area (Å²) in [6, 6.07) is 8.63. The van der Waals surface area contributed by atoms with Gasteiger partial charge in [-0.15, -0.1) is 16.4 Å². The molecule has 0 bridgehead atoms. The fourth-order valence-corrected chi connectivity index (χ4v) is 2.87. The van der Waals surface area contributed by atoms with Crippen molar-refractivity contribution in [3.8, 4) is 0 Å². The number of urea groups is 1. The number of nitrogens with two attached hydrogens (primary N) is 1. The molecule has 0 spiro atoms. The van der Waals surface area contributed by atoms with E-state index in [1.807, 2.05) is 30.3 Å². The average molecular weight is 278 g/mol. The zero-order valence-corrected chi connectivity index (χ0v) is 11.4. The molecule has 6 heteroatoms. The van der Waals surface area contributed by atoms with Crippen LogP contribution in [-0.2, 0) is 9.63 Å². The van der Waals surface area contributed by atoms with Gasteiger partial charge in [-0.1, -0.05) is 18.2 Å². The number of thiophene rings is 1. The molecule has 0 aliphatic heterocycles. The summed E-state index contributed by atoms with van der Waals surface area (Å²) in [6.45, 7) is 2.99. The number of primary amides is 1. The SMILES string of the molecule is CC(=O)ON(C(N)=O)C(C)c1cc2ccccc2s1. The lowest BCUT2D eigenvalue weighted by Gasteiger charge is -2.23. The van der Waals surface area contributed by atoms with E-state index in [1.54, 1.807) is 6.92 Å². The van der Waals surface area contributed by atoms with E-state index in [0.29, 0.717) is 0 Å². The van der Waals surface area contributed by atoms with E-state index in [0.717, 1.165) is 20.0 Å². The largest absolute Gasteiger partial charge is 0.349 e. The molecular formula is C13H14N2O3S. The van der Waals surface area contributed by atoms with Crippen LogP contribution < -0.4 is 5.73 Å². The van der Waals surface area contributed by atoms with Crippen molar-refractivity contribution in [1.82, 2.24) is 5.06 Å². The number of carbonyl (C=O) groups is 2. The highest BCUT2D eigenvalue weighted by atomic mass is 32.1. The second-order valence-electron chi connectivity index (χ2n) is 4.11. The summed E-state index contributed by atoms with van der Waals surface area (Å²) in [5, 5.41) is 1.98. The van der Waals surface area contributed by atoms with Gasteiger partial charge in [-0.3, -0.25) is 4.79 Å². The summed E-state index contributed by atoms with van der Waals surface area (Å²) in [4.78, 5) is 28.1. The molecule has 1 atom stereocenters. The van der Waals surface area contributed by atoms with Crippen molar-refractivity contribution in [1.29, 1.82) is 0 Å². The molecule has 0 radical (unpaired) electrons. The second kappa shape index (κ2) is 5.27. The molecule has 1 aromatic carbocycles. The van der Waals surface area contributed by atoms with E-state index < -0.39 is 18.0 Å². The van der Waals surface area contributed by atoms with Gasteiger partial charge in [-0.2, -0.15) is 0 Å². The lowest BCUT2D eigenvalue weighted by atomic mass is 10.2. The first-order valence-electron chi connectivity index (χ1n) is 5.74. The Hall–Kier alpha value is -2.08. The maximum absolute atomic E-state index is 11.3. The maximum Gasteiger partial charge on any atom is 0.348 e. The number of hydrogen-bond donors (Lipinski definition) is 1. The first-order valence-corrected chi connectivity index (χ1v) is 6.56. The summed E-state index contributed by atoms with van der Waals surface area (Å²) in [5.74, 6) is -0.577. The van der Waals surface area contributed by atoms with Gasteiger partial charge >= 0.3 is 12.0 Å². The Morgan fingerprint density at radius 2 is 2.05 bits per heavy atom. The highest BCUT2D eigenvalue weighted by Gasteiger charge is 2.24. The molecule has 2 aromatic rings. The van der Waals surface area contributed by atoms with Crippen LogP contribution in [0.3, 0.4) is 0 Å². The van der Waals surface area contributed by atoms with Gasteiger partial charge in [0.05, 0.1) is 0 Å². The molecule has 0 aliphatic rings. The predicted molar refractivity (Wildman–Crippen MR) is 73.4 cm³/mol. The lowest BCUT2D eigenvalue weighted by Crippen LogP contribution is -2.38. The topological polar surface area (TPSA) is 72.6 Å². The van der Waals surface area contributed by atoms with Gasteiger partial charge in [0.15, 0.2) is 0 Å². The van der Waals surface area contributed by atoms with E-state index in [2.05, 4.69) is 0 Å². The Labute approximate surface area is 114 Å². The van der Waals surface area contributed by atoms with Gasteiger partial charge in [-0.25, -0.2) is 4.79 Å². The average Bonchev–Trinajstić information content (AvgIpc) is 2.78. The lowest BCUT2D eigenvalue weighted by molar-refractivity contribution is -0.180. The molecule has 100 valence electrons. The molecule has 2 amide bonds. The van der Waals surface area contributed by atoms with Crippen LogP contribution in [0.4, 0.5) is 4.79 Å². The molecule has 0 aliphatic carbocycles. The van der Waals surface area contributed by atoms with E-state index in [4.69, 9.17) is 10.6 Å². The number of nitrogens with zero attached hydrogens (tertiary/aromatic N) is 1. The standard InChI is InChI=1S/C13H14N2O3S/c1-8(15(13(14)17)18-9(2)16)12-7-10-5-3-4-6-11(10)19-12/h3-8H,1-2H3,(H2,14,17). The van der Waals surface area contributed by atoms with Crippen molar-refractivity contribution < 1.29 is 14.4 Å². The molecule has 0 saturated carbocycles. The molecule has 2 N–H and O–H groups in total. The van der Waals surface area contributed by atoms with E-state index in [-0.39, 0.29) is 0 Å². The summed E-state index contributed by atoms with van der Waals surface area (Å²) < 4.78 is 1.11. The number of rotatable bonds is 2. The molecule has 1 heterocycles. The van der Waals surface area contributed by atoms with Crippen LogP contribution in [0.1, 0.15) is 24.8 Å². The smallest absolute Gasteiger partial charge is 0.348 e. The fourth-order valence-electron chi connectivity index (χ4n) is 1.78. The first kappa shape index (κ1) is 13.4. The molecular weight excluding hydrogens is 264 g/mol. The molecule has 19 heavy (non-hydrogen) atoms. The third-order valence-corrected chi connectivity index (χ3v) is 3.94. The summed E-state index contributed by atoms with van der Waals surface area (Å²) in [5.41, 5.74) is 5.23. The summed E-state index contributed by atoms with van der Waals surface area (Å²) in [7, 11) is 0. The van der Waals surface area contributed by atoms with Crippen LogP contribution in [0.2, 0.25) is 0 Å². The van der Waals surface area contributed by atoms with Crippen molar-refractivity contribution in [2.75, 3.05) is 0 Å². The van der Waals surface area contributed by atoms with Crippen molar-refractivity contribution >= 4 is 33.4 Å². The zero-order chi connectivity index (χ0) is 14.0. The number of fused-ring (bicyclic) bond motifs is 1. The minimum Gasteiger partial charge on any atom is -0.349 e. The Morgan fingerprint density at radius 3 is 2.63 bits per heavy atom. The highest BCUT2D eigenvalue weighted by molar-refractivity contribution is 7.19. The molecule has 2 rings (SSSR count). The molecule has 5 nitrogen and oxygen atoms in total. The van der Waals surface area contributed by atoms with Gasteiger partial charge in [0.25, 0.3) is 0 Å². The molecule has 1 unspecified atom stereocenters. The Kier molecular flexibility index (Phi) is 3.71. The predicted octanol–water partition coefficient (Wildman–Crippen LogP) is 2.82.